The second kappa shape index (κ2) is 15.8. The Balaban J connectivity index is 0.000000299. The molecule has 0 spiro atoms. The molecule has 1 heterocycles. The van der Waals surface area contributed by atoms with Gasteiger partial charge in [-0.05, 0) is 101 Å². The van der Waals surface area contributed by atoms with Crippen LogP contribution in [0.4, 0.5) is 0 Å². The van der Waals surface area contributed by atoms with Crippen molar-refractivity contribution in [3.05, 3.63) is 112 Å². The summed E-state index contributed by atoms with van der Waals surface area (Å²) in [4.78, 5) is 17.3. The number of carbonyl (C=O) groups excluding carboxylic acids is 1. The predicted molar refractivity (Wildman–Crippen MR) is 222 cm³/mol. The Bertz CT molecular complexity index is 2050. The van der Waals surface area contributed by atoms with Crippen LogP contribution in [0.15, 0.2) is 72.5 Å². The summed E-state index contributed by atoms with van der Waals surface area (Å²) in [5.41, 5.74) is 12.4. The minimum atomic E-state index is -0.337. The van der Waals surface area contributed by atoms with Crippen LogP contribution in [0.25, 0.3) is 33.2 Å². The number of benzene rings is 3. The van der Waals surface area contributed by atoms with Gasteiger partial charge < -0.3 is 10.1 Å². The Labute approximate surface area is 334 Å². The summed E-state index contributed by atoms with van der Waals surface area (Å²) in [6.07, 6.45) is 5.85. The van der Waals surface area contributed by atoms with E-state index in [-0.39, 0.29) is 53.3 Å². The molecule has 0 fully saturated rings. The molecule has 0 atom stereocenters. The fourth-order valence-corrected chi connectivity index (χ4v) is 8.53. The van der Waals surface area contributed by atoms with Gasteiger partial charge in [-0.3, -0.25) is 4.79 Å². The third-order valence-electron chi connectivity index (χ3n) is 12.8. The molecular weight excluding hydrogens is 827 g/mol. The van der Waals surface area contributed by atoms with E-state index in [1.165, 1.54) is 55.8 Å². The second-order valence-corrected chi connectivity index (χ2v) is 17.4. The van der Waals surface area contributed by atoms with Gasteiger partial charge in [0.25, 0.3) is 0 Å². The van der Waals surface area contributed by atoms with Gasteiger partial charge in [-0.25, -0.2) is 0 Å². The molecule has 0 saturated carbocycles. The van der Waals surface area contributed by atoms with E-state index in [1.807, 2.05) is 41.5 Å². The summed E-state index contributed by atoms with van der Waals surface area (Å²) < 4.78 is 0. The Hall–Kier alpha value is -3.33. The Kier molecular flexibility index (Phi) is 12.6. The SMILES string of the molecule is CCC(C)(CC)C(=O)/C=C(\O)C(C)(CC)CC.Cc1cc2cc(CC(C)C)ccc2c(-c2[c-]ccc3c2C(C)(C)C2=C3C(C)(C)c3ccccc32)n1.[Ir]. The molecule has 1 radical (unpaired) electrons. The quantitative estimate of drug-likeness (QED) is 0.0980. The third kappa shape index (κ3) is 7.53. The number of aromatic nitrogens is 1. The number of pyridine rings is 1. The van der Waals surface area contributed by atoms with E-state index < -0.39 is 0 Å². The summed E-state index contributed by atoms with van der Waals surface area (Å²) in [5.74, 6) is 0.926. The Morgan fingerprint density at radius 3 is 2.06 bits per heavy atom. The number of ketones is 1. The van der Waals surface area contributed by atoms with E-state index in [0.29, 0.717) is 5.92 Å². The first-order valence-corrected chi connectivity index (χ1v) is 19.7. The van der Waals surface area contributed by atoms with E-state index in [4.69, 9.17) is 4.98 Å². The van der Waals surface area contributed by atoms with E-state index in [0.717, 1.165) is 49.1 Å². The molecule has 0 bridgehead atoms. The molecule has 53 heavy (non-hydrogen) atoms. The summed E-state index contributed by atoms with van der Waals surface area (Å²) in [5, 5.41) is 12.6. The molecule has 1 N–H and O–H groups in total. The van der Waals surface area contributed by atoms with Crippen molar-refractivity contribution in [1.29, 1.82) is 0 Å². The zero-order valence-electron chi connectivity index (χ0n) is 34.6. The van der Waals surface area contributed by atoms with E-state index in [9.17, 15) is 9.90 Å². The van der Waals surface area contributed by atoms with Crippen LogP contribution in [0.5, 0.6) is 0 Å². The van der Waals surface area contributed by atoms with E-state index in [2.05, 4.69) is 115 Å². The van der Waals surface area contributed by atoms with Crippen LogP contribution < -0.4 is 0 Å². The molecular formula is C49H62IrNO2-. The molecule has 6 rings (SSSR count). The Morgan fingerprint density at radius 1 is 0.849 bits per heavy atom. The van der Waals surface area contributed by atoms with Crippen molar-refractivity contribution in [1.82, 2.24) is 4.98 Å². The number of hydrogen-bond donors (Lipinski definition) is 1. The number of aryl methyl sites for hydroxylation is 1. The average Bonchev–Trinajstić information content (AvgIpc) is 3.52. The van der Waals surface area contributed by atoms with E-state index >= 15 is 0 Å². The van der Waals surface area contributed by atoms with Crippen LogP contribution in [-0.4, -0.2) is 15.9 Å². The van der Waals surface area contributed by atoms with Crippen LogP contribution in [-0.2, 0) is 42.2 Å². The van der Waals surface area contributed by atoms with Gasteiger partial charge in [0.15, 0.2) is 5.78 Å². The molecule has 0 unspecified atom stereocenters. The first-order chi connectivity index (χ1) is 24.4. The van der Waals surface area contributed by atoms with Crippen molar-refractivity contribution in [3.8, 4) is 11.3 Å². The molecule has 4 aromatic rings. The number of nitrogens with zero attached hydrogens (tertiary/aromatic N) is 1. The maximum Gasteiger partial charge on any atom is 0.164 e. The minimum absolute atomic E-state index is 0. The van der Waals surface area contributed by atoms with Crippen LogP contribution in [0.1, 0.15) is 142 Å². The number of rotatable bonds is 10. The molecule has 3 aromatic carbocycles. The number of hydrogen-bond acceptors (Lipinski definition) is 3. The van der Waals surface area contributed by atoms with Crippen molar-refractivity contribution < 1.29 is 30.0 Å². The van der Waals surface area contributed by atoms with Gasteiger partial charge in [0, 0.05) is 48.1 Å². The summed E-state index contributed by atoms with van der Waals surface area (Å²) in [7, 11) is 0. The third-order valence-corrected chi connectivity index (χ3v) is 12.8. The standard InChI is InChI=1S/C34H34N.C15H28O2.Ir/c1-20(2)17-22-15-16-24-23(19-22)18-21(3)35-32(24)27-13-10-12-26-29(27)34(6,7)30-25-11-8-9-14-28(25)33(4,5)31(26)30;1-7-14(5,8-2)12(16)11-13(17)15(6,9-3)10-4;/h8-12,14-16,18-20H,17H2,1-7H3;11,16H,7-10H2,1-6H3;/q-1;;/b;12-11-;. The number of aliphatic hydroxyl groups excluding tert-OH is 1. The monoisotopic (exact) mass is 889 g/mol. The van der Waals surface area contributed by atoms with Crippen LogP contribution in [0.3, 0.4) is 0 Å². The molecule has 4 heteroatoms. The maximum absolute atomic E-state index is 12.2. The second-order valence-electron chi connectivity index (χ2n) is 17.4. The molecule has 2 aliphatic rings. The van der Waals surface area contributed by atoms with Crippen LogP contribution in [0.2, 0.25) is 0 Å². The predicted octanol–water partition coefficient (Wildman–Crippen LogP) is 13.3. The first kappa shape index (κ1) is 42.4. The zero-order valence-corrected chi connectivity index (χ0v) is 37.0. The average molecular weight is 889 g/mol. The summed E-state index contributed by atoms with van der Waals surface area (Å²) in [6.45, 7) is 28.3. The number of fused-ring (bicyclic) bond motifs is 5. The van der Waals surface area contributed by atoms with Crippen LogP contribution in [0, 0.1) is 29.7 Å². The van der Waals surface area contributed by atoms with Gasteiger partial charge in [-0.2, -0.15) is 0 Å². The number of allylic oxidation sites excluding steroid dienone is 4. The molecule has 0 amide bonds. The molecule has 0 saturated heterocycles. The first-order valence-electron chi connectivity index (χ1n) is 19.7. The van der Waals surface area contributed by atoms with Gasteiger partial charge in [0.05, 0.1) is 0 Å². The van der Waals surface area contributed by atoms with Crippen molar-refractivity contribution in [2.45, 2.75) is 133 Å². The number of carbonyl (C=O) groups is 1. The van der Waals surface area contributed by atoms with Crippen molar-refractivity contribution >= 4 is 27.7 Å². The van der Waals surface area contributed by atoms with Crippen molar-refractivity contribution in [2.75, 3.05) is 0 Å². The van der Waals surface area contributed by atoms with Crippen molar-refractivity contribution in [2.24, 2.45) is 16.7 Å². The van der Waals surface area contributed by atoms with Gasteiger partial charge >= 0.3 is 0 Å². The van der Waals surface area contributed by atoms with Gasteiger partial charge in [-0.1, -0.05) is 131 Å². The van der Waals surface area contributed by atoms with E-state index in [1.54, 1.807) is 0 Å². The molecule has 1 aromatic heterocycles. The number of aliphatic hydroxyl groups is 1. The van der Waals surface area contributed by atoms with Gasteiger partial charge in [-0.15, -0.1) is 29.3 Å². The zero-order chi connectivity index (χ0) is 38.4. The minimum Gasteiger partial charge on any atom is -0.512 e. The largest absolute Gasteiger partial charge is 0.512 e. The fraction of sp³-hybridized carbons (Fsp3) is 0.469. The summed E-state index contributed by atoms with van der Waals surface area (Å²) >= 11 is 0. The molecule has 0 aliphatic heterocycles. The fourth-order valence-electron chi connectivity index (χ4n) is 8.53. The van der Waals surface area contributed by atoms with Gasteiger partial charge in [0.2, 0.25) is 0 Å². The smallest absolute Gasteiger partial charge is 0.164 e. The van der Waals surface area contributed by atoms with Crippen molar-refractivity contribution in [3.63, 3.8) is 0 Å². The normalized spacial score (nSPS) is 15.8. The molecule has 285 valence electrons. The van der Waals surface area contributed by atoms with Crippen LogP contribution >= 0.6 is 0 Å². The maximum atomic E-state index is 12.2. The molecule has 2 aliphatic carbocycles. The Morgan fingerprint density at radius 2 is 1.45 bits per heavy atom. The molecule has 3 nitrogen and oxygen atoms in total. The van der Waals surface area contributed by atoms with Gasteiger partial charge in [0.1, 0.15) is 5.76 Å². The summed E-state index contributed by atoms with van der Waals surface area (Å²) in [6, 6.07) is 26.2. The topological polar surface area (TPSA) is 50.2 Å².